The monoisotopic (exact) mass is 466 g/mol. The molecule has 4 rings (SSSR count). The smallest absolute Gasteiger partial charge is 0.407 e. The number of nitrogens with zero attached hydrogens (tertiary/aromatic N) is 1. The number of carbonyl (C=O) groups excluding carboxylic acids is 2. The van der Waals surface area contributed by atoms with Gasteiger partial charge in [-0.1, -0.05) is 62.4 Å². The van der Waals surface area contributed by atoms with Crippen LogP contribution in [0.5, 0.6) is 0 Å². The Labute approximate surface area is 198 Å². The van der Waals surface area contributed by atoms with Crippen molar-refractivity contribution < 1.29 is 29.0 Å². The van der Waals surface area contributed by atoms with Crippen LogP contribution in [-0.4, -0.2) is 59.0 Å². The fraction of sp³-hybridized carbons (Fsp3) is 0.423. The van der Waals surface area contributed by atoms with Crippen LogP contribution in [0.1, 0.15) is 44.7 Å². The van der Waals surface area contributed by atoms with Crippen molar-refractivity contribution in [3.63, 3.8) is 0 Å². The Hall–Kier alpha value is -3.39. The molecule has 1 fully saturated rings. The number of amides is 2. The molecule has 8 heteroatoms. The van der Waals surface area contributed by atoms with E-state index in [4.69, 9.17) is 9.47 Å². The van der Waals surface area contributed by atoms with Gasteiger partial charge in [0, 0.05) is 5.92 Å². The maximum atomic E-state index is 13.4. The largest absolute Gasteiger partial charge is 0.480 e. The summed E-state index contributed by atoms with van der Waals surface area (Å²) < 4.78 is 11.1. The average Bonchev–Trinajstić information content (AvgIpc) is 3.29. The summed E-state index contributed by atoms with van der Waals surface area (Å²) in [7, 11) is 0. The number of carboxylic acids is 1. The Morgan fingerprint density at radius 3 is 2.18 bits per heavy atom. The zero-order chi connectivity index (χ0) is 24.6. The van der Waals surface area contributed by atoms with E-state index >= 15 is 0 Å². The van der Waals surface area contributed by atoms with Gasteiger partial charge in [0.25, 0.3) is 0 Å². The molecule has 2 atom stereocenters. The zero-order valence-electron chi connectivity index (χ0n) is 19.8. The molecule has 2 aliphatic rings. The number of fused-ring (bicyclic) bond motifs is 3. The number of hydrogen-bond donors (Lipinski definition) is 2. The number of carboxylic acid groups (broad SMARTS) is 1. The van der Waals surface area contributed by atoms with Gasteiger partial charge in [-0.3, -0.25) is 9.69 Å². The normalized spacial score (nSPS) is 19.4. The fourth-order valence-corrected chi connectivity index (χ4v) is 4.83. The molecule has 1 saturated heterocycles. The molecule has 0 bridgehead atoms. The highest BCUT2D eigenvalue weighted by atomic mass is 16.6. The zero-order valence-corrected chi connectivity index (χ0v) is 19.8. The topological polar surface area (TPSA) is 105 Å². The highest BCUT2D eigenvalue weighted by molar-refractivity contribution is 5.90. The second-order valence-corrected chi connectivity index (χ2v) is 9.51. The summed E-state index contributed by atoms with van der Waals surface area (Å²) >= 11 is 0. The van der Waals surface area contributed by atoms with Gasteiger partial charge in [-0.15, -0.1) is 0 Å². The third-order valence-electron chi connectivity index (χ3n) is 6.56. The van der Waals surface area contributed by atoms with Crippen molar-refractivity contribution in [3.05, 3.63) is 59.7 Å². The second-order valence-electron chi connectivity index (χ2n) is 9.51. The summed E-state index contributed by atoms with van der Waals surface area (Å²) in [5.74, 6) is -2.06. The Bertz CT molecular complexity index is 1070. The first kappa shape index (κ1) is 23.8. The summed E-state index contributed by atoms with van der Waals surface area (Å²) in [5.41, 5.74) is 3.33. The number of hydrogen-bond acceptors (Lipinski definition) is 5. The van der Waals surface area contributed by atoms with Crippen LogP contribution in [0.25, 0.3) is 11.1 Å². The Kier molecular flexibility index (Phi) is 6.36. The molecule has 2 N–H and O–H groups in total. The van der Waals surface area contributed by atoms with Gasteiger partial charge in [0.15, 0.2) is 6.04 Å². The molecule has 34 heavy (non-hydrogen) atoms. The molecule has 1 heterocycles. The van der Waals surface area contributed by atoms with Crippen LogP contribution in [0.4, 0.5) is 4.79 Å². The van der Waals surface area contributed by atoms with Crippen LogP contribution in [0.2, 0.25) is 0 Å². The molecule has 0 saturated carbocycles. The van der Waals surface area contributed by atoms with Gasteiger partial charge in [-0.05, 0) is 42.0 Å². The molecule has 0 spiro atoms. The van der Waals surface area contributed by atoms with Crippen molar-refractivity contribution in [2.75, 3.05) is 13.2 Å². The molecule has 1 aliphatic heterocycles. The second kappa shape index (κ2) is 9.10. The van der Waals surface area contributed by atoms with E-state index in [0.717, 1.165) is 22.3 Å². The number of alkyl carbamates (subject to hydrolysis) is 1. The van der Waals surface area contributed by atoms with Crippen molar-refractivity contribution in [1.29, 1.82) is 0 Å². The Morgan fingerprint density at radius 2 is 1.65 bits per heavy atom. The Morgan fingerprint density at radius 1 is 1.09 bits per heavy atom. The fourth-order valence-electron chi connectivity index (χ4n) is 4.83. The number of rotatable bonds is 6. The van der Waals surface area contributed by atoms with E-state index < -0.39 is 35.8 Å². The van der Waals surface area contributed by atoms with Crippen LogP contribution in [0.3, 0.4) is 0 Å². The van der Waals surface area contributed by atoms with Crippen LogP contribution in [0.15, 0.2) is 48.5 Å². The quantitative estimate of drug-likeness (QED) is 0.674. The molecule has 8 nitrogen and oxygen atoms in total. The molecule has 2 aromatic carbocycles. The molecule has 1 aliphatic carbocycles. The van der Waals surface area contributed by atoms with E-state index in [1.54, 1.807) is 27.7 Å². The van der Waals surface area contributed by atoms with E-state index in [1.165, 1.54) is 4.90 Å². The Balaban J connectivity index is 1.47. The van der Waals surface area contributed by atoms with Gasteiger partial charge in [-0.25, -0.2) is 9.59 Å². The van der Waals surface area contributed by atoms with E-state index in [2.05, 4.69) is 17.4 Å². The van der Waals surface area contributed by atoms with Gasteiger partial charge in [-0.2, -0.15) is 0 Å². The highest BCUT2D eigenvalue weighted by Gasteiger charge is 2.49. The standard InChI is InChI=1S/C26H30N2O6/c1-15(2)22(23(29)28-21(24(30)31)14-34-26(28,3)4)27-25(32)33-13-20-18-11-7-5-9-16(18)17-10-6-8-12-19(17)20/h5-12,15,20-22H,13-14H2,1-4H3,(H,27,32)(H,30,31). The molecule has 2 amide bonds. The third kappa shape index (κ3) is 4.25. The third-order valence-corrected chi connectivity index (χ3v) is 6.56. The van der Waals surface area contributed by atoms with Gasteiger partial charge >= 0.3 is 12.1 Å². The first-order chi connectivity index (χ1) is 16.1. The van der Waals surface area contributed by atoms with E-state index in [0.29, 0.717) is 0 Å². The van der Waals surface area contributed by atoms with Gasteiger partial charge in [0.2, 0.25) is 5.91 Å². The van der Waals surface area contributed by atoms with Crippen LogP contribution in [-0.2, 0) is 19.1 Å². The number of aliphatic carboxylic acids is 1. The summed E-state index contributed by atoms with van der Waals surface area (Å²) in [6.45, 7) is 6.86. The summed E-state index contributed by atoms with van der Waals surface area (Å²) in [6, 6.07) is 14.0. The minimum absolute atomic E-state index is 0.103. The van der Waals surface area contributed by atoms with Crippen LogP contribution >= 0.6 is 0 Å². The number of benzene rings is 2. The number of nitrogens with one attached hydrogen (secondary N) is 1. The molecular weight excluding hydrogens is 436 g/mol. The van der Waals surface area contributed by atoms with Gasteiger partial charge in [0.1, 0.15) is 18.4 Å². The first-order valence-electron chi connectivity index (χ1n) is 11.4. The van der Waals surface area contributed by atoms with Crippen molar-refractivity contribution >= 4 is 18.0 Å². The van der Waals surface area contributed by atoms with E-state index in [-0.39, 0.29) is 25.0 Å². The molecule has 180 valence electrons. The molecule has 0 aromatic heterocycles. The SMILES string of the molecule is CC(C)C(NC(=O)OCC1c2ccccc2-c2ccccc21)C(=O)N1C(C(=O)O)COC1(C)C. The lowest BCUT2D eigenvalue weighted by atomic mass is 9.98. The number of ether oxygens (including phenoxy) is 2. The molecular formula is C26H30N2O6. The minimum Gasteiger partial charge on any atom is -0.480 e. The maximum absolute atomic E-state index is 13.4. The first-order valence-corrected chi connectivity index (χ1v) is 11.4. The average molecular weight is 467 g/mol. The van der Waals surface area contributed by atoms with Crippen molar-refractivity contribution in [1.82, 2.24) is 10.2 Å². The highest BCUT2D eigenvalue weighted by Crippen LogP contribution is 2.44. The van der Waals surface area contributed by atoms with Crippen molar-refractivity contribution in [2.45, 2.75) is 51.4 Å². The lowest BCUT2D eigenvalue weighted by Gasteiger charge is -2.36. The van der Waals surface area contributed by atoms with Crippen LogP contribution < -0.4 is 5.32 Å². The lowest BCUT2D eigenvalue weighted by Crippen LogP contribution is -2.59. The van der Waals surface area contributed by atoms with Crippen LogP contribution in [0, 0.1) is 5.92 Å². The minimum atomic E-state index is -1.15. The summed E-state index contributed by atoms with van der Waals surface area (Å²) in [5, 5.41) is 12.2. The van der Waals surface area contributed by atoms with E-state index in [1.807, 2.05) is 36.4 Å². The molecule has 2 unspecified atom stereocenters. The predicted molar refractivity (Wildman–Crippen MR) is 125 cm³/mol. The van der Waals surface area contributed by atoms with Gasteiger partial charge < -0.3 is 19.9 Å². The van der Waals surface area contributed by atoms with E-state index in [9.17, 15) is 19.5 Å². The van der Waals surface area contributed by atoms with Crippen molar-refractivity contribution in [3.8, 4) is 11.1 Å². The summed E-state index contributed by atoms with van der Waals surface area (Å²) in [4.78, 5) is 39.0. The molecule has 2 aromatic rings. The molecule has 0 radical (unpaired) electrons. The predicted octanol–water partition coefficient (Wildman–Crippen LogP) is 3.60. The van der Waals surface area contributed by atoms with Crippen molar-refractivity contribution in [2.24, 2.45) is 5.92 Å². The summed E-state index contributed by atoms with van der Waals surface area (Å²) in [6.07, 6.45) is -0.723. The maximum Gasteiger partial charge on any atom is 0.407 e. The number of carbonyl (C=O) groups is 3. The lowest BCUT2D eigenvalue weighted by molar-refractivity contribution is -0.157. The van der Waals surface area contributed by atoms with Gasteiger partial charge in [0.05, 0.1) is 6.61 Å².